The number of hydrogen-bond acceptors (Lipinski definition) is 10. The number of benzene rings is 2. The third-order valence-electron chi connectivity index (χ3n) is 5.04. The van der Waals surface area contributed by atoms with Crippen LogP contribution in [0.25, 0.3) is 0 Å². The molecule has 0 bridgehead atoms. The number of ether oxygens (including phenoxy) is 3. The van der Waals surface area contributed by atoms with E-state index in [0.29, 0.717) is 6.42 Å². The van der Waals surface area contributed by atoms with E-state index in [4.69, 9.17) is 15.2 Å². The van der Waals surface area contributed by atoms with Crippen molar-refractivity contribution < 1.29 is 37.0 Å². The molecule has 13 nitrogen and oxygen atoms in total. The monoisotopic (exact) mass is 577 g/mol. The first kappa shape index (κ1) is 32.2. The lowest BCUT2D eigenvalue weighted by atomic mass is 10.2. The van der Waals surface area contributed by atoms with Crippen LogP contribution in [0.15, 0.2) is 65.7 Å². The summed E-state index contributed by atoms with van der Waals surface area (Å²) in [6, 6.07) is 17.3. The first-order valence-corrected chi connectivity index (χ1v) is 14.2. The predicted molar refractivity (Wildman–Crippen MR) is 147 cm³/mol. The standard InChI is InChI=1S/C26H35N5O8S/c1-2-37-23(32)16-29-40(35,36)19-22(27)14-9-15-28-24(30-25(33)38-17-20-10-5-3-6-11-20)31-26(34)39-18-21-12-7-4-8-13-21/h3-8,10-13,22,29H,2,9,14-19,27H2,1H3,(H2,28,30,31,33,34)/t22-/m0/s1. The highest BCUT2D eigenvalue weighted by molar-refractivity contribution is 7.89. The Balaban J connectivity index is 1.88. The number of hydrogen-bond donors (Lipinski definition) is 4. The third kappa shape index (κ3) is 14.2. The molecule has 5 N–H and O–H groups in total. The van der Waals surface area contributed by atoms with Crippen molar-refractivity contribution in [2.75, 3.05) is 25.4 Å². The summed E-state index contributed by atoms with van der Waals surface area (Å²) in [5.41, 5.74) is 7.47. The van der Waals surface area contributed by atoms with E-state index in [1.54, 1.807) is 55.5 Å². The summed E-state index contributed by atoms with van der Waals surface area (Å²) in [5.74, 6) is -1.29. The summed E-state index contributed by atoms with van der Waals surface area (Å²) in [5, 5.41) is 4.75. The van der Waals surface area contributed by atoms with Crippen molar-refractivity contribution >= 4 is 34.1 Å². The van der Waals surface area contributed by atoms with E-state index in [0.717, 1.165) is 11.1 Å². The first-order valence-electron chi connectivity index (χ1n) is 12.5. The van der Waals surface area contributed by atoms with Gasteiger partial charge in [0.05, 0.1) is 12.4 Å². The van der Waals surface area contributed by atoms with Crippen LogP contribution in [0.2, 0.25) is 0 Å². The molecular weight excluding hydrogens is 542 g/mol. The van der Waals surface area contributed by atoms with Gasteiger partial charge in [0.25, 0.3) is 0 Å². The second-order valence-electron chi connectivity index (χ2n) is 8.41. The number of nitrogens with zero attached hydrogens (tertiary/aromatic N) is 1. The minimum Gasteiger partial charge on any atom is -0.465 e. The molecule has 218 valence electrons. The van der Waals surface area contributed by atoms with Crippen molar-refractivity contribution in [1.29, 1.82) is 0 Å². The number of sulfonamides is 1. The van der Waals surface area contributed by atoms with Crippen LogP contribution in [0, 0.1) is 0 Å². The molecule has 0 heterocycles. The molecule has 40 heavy (non-hydrogen) atoms. The van der Waals surface area contributed by atoms with Gasteiger partial charge in [-0.1, -0.05) is 60.7 Å². The molecule has 0 radical (unpaired) electrons. The smallest absolute Gasteiger partial charge is 0.414 e. The zero-order chi connectivity index (χ0) is 29.2. The van der Waals surface area contributed by atoms with Gasteiger partial charge >= 0.3 is 18.2 Å². The Morgan fingerprint density at radius 3 is 1.90 bits per heavy atom. The Morgan fingerprint density at radius 2 is 1.40 bits per heavy atom. The molecule has 2 aromatic rings. The van der Waals surface area contributed by atoms with Gasteiger partial charge in [0.2, 0.25) is 16.0 Å². The van der Waals surface area contributed by atoms with E-state index in [9.17, 15) is 22.8 Å². The molecule has 0 saturated heterocycles. The second kappa shape index (κ2) is 17.6. The minimum atomic E-state index is -3.80. The Labute approximate surface area is 233 Å². The summed E-state index contributed by atoms with van der Waals surface area (Å²) in [6.45, 7) is 1.38. The van der Waals surface area contributed by atoms with Gasteiger partial charge in [-0.15, -0.1) is 0 Å². The number of guanidine groups is 1. The Bertz CT molecular complexity index is 1150. The van der Waals surface area contributed by atoms with Gasteiger partial charge in [0.15, 0.2) is 0 Å². The fourth-order valence-electron chi connectivity index (χ4n) is 3.17. The van der Waals surface area contributed by atoms with Crippen LogP contribution in [0.5, 0.6) is 0 Å². The number of nitrogens with one attached hydrogen (secondary N) is 3. The Kier molecular flexibility index (Phi) is 14.1. The number of amides is 2. The van der Waals surface area contributed by atoms with Gasteiger partial charge < -0.3 is 19.9 Å². The fraction of sp³-hybridized carbons (Fsp3) is 0.385. The lowest BCUT2D eigenvalue weighted by Crippen LogP contribution is -2.44. The highest BCUT2D eigenvalue weighted by Gasteiger charge is 2.18. The van der Waals surface area contributed by atoms with Crippen molar-refractivity contribution in [3.63, 3.8) is 0 Å². The summed E-state index contributed by atoms with van der Waals surface area (Å²) in [7, 11) is -3.80. The molecule has 14 heteroatoms. The number of alkyl carbamates (subject to hydrolysis) is 2. The lowest BCUT2D eigenvalue weighted by molar-refractivity contribution is -0.141. The predicted octanol–water partition coefficient (Wildman–Crippen LogP) is 1.79. The number of rotatable bonds is 14. The lowest BCUT2D eigenvalue weighted by Gasteiger charge is -2.13. The third-order valence-corrected chi connectivity index (χ3v) is 6.50. The topological polar surface area (TPSA) is 188 Å². The summed E-state index contributed by atoms with van der Waals surface area (Å²) < 4.78 is 41.4. The molecule has 2 amide bonds. The van der Waals surface area contributed by atoms with E-state index in [2.05, 4.69) is 25.1 Å². The molecule has 1 atom stereocenters. The van der Waals surface area contributed by atoms with E-state index in [-0.39, 0.29) is 38.7 Å². The normalized spacial score (nSPS) is 11.6. The molecule has 0 aromatic heterocycles. The summed E-state index contributed by atoms with van der Waals surface area (Å²) in [4.78, 5) is 40.1. The van der Waals surface area contributed by atoms with Gasteiger partial charge in [-0.25, -0.2) is 22.7 Å². The Morgan fingerprint density at radius 1 is 0.875 bits per heavy atom. The first-order chi connectivity index (χ1) is 19.2. The maximum absolute atomic E-state index is 12.3. The maximum atomic E-state index is 12.3. The molecule has 2 aromatic carbocycles. The van der Waals surface area contributed by atoms with Gasteiger partial charge in [0, 0.05) is 12.6 Å². The molecule has 0 aliphatic rings. The molecule has 0 aliphatic carbocycles. The van der Waals surface area contributed by atoms with Gasteiger partial charge in [-0.2, -0.15) is 0 Å². The highest BCUT2D eigenvalue weighted by Crippen LogP contribution is 2.03. The quantitative estimate of drug-likeness (QED) is 0.0853. The van der Waals surface area contributed by atoms with Crippen LogP contribution < -0.4 is 21.1 Å². The van der Waals surface area contributed by atoms with Crippen LogP contribution in [0.1, 0.15) is 30.9 Å². The van der Waals surface area contributed by atoms with Crippen molar-refractivity contribution in [2.45, 2.75) is 39.0 Å². The molecule has 0 unspecified atom stereocenters. The summed E-state index contributed by atoms with van der Waals surface area (Å²) in [6.07, 6.45) is -1.10. The minimum absolute atomic E-state index is 0.00589. The van der Waals surface area contributed by atoms with Crippen LogP contribution in [0.4, 0.5) is 9.59 Å². The van der Waals surface area contributed by atoms with E-state index in [1.165, 1.54) is 0 Å². The molecular formula is C26H35N5O8S. The number of carbonyl (C=O) groups excluding carboxylic acids is 3. The van der Waals surface area contributed by atoms with Crippen molar-refractivity contribution in [3.8, 4) is 0 Å². The van der Waals surface area contributed by atoms with E-state index >= 15 is 0 Å². The number of esters is 1. The number of nitrogens with two attached hydrogens (primary N) is 1. The van der Waals surface area contributed by atoms with Gasteiger partial charge in [-0.3, -0.25) is 20.4 Å². The fourth-order valence-corrected chi connectivity index (χ4v) is 4.36. The average Bonchev–Trinajstić information content (AvgIpc) is 2.93. The molecule has 0 spiro atoms. The van der Waals surface area contributed by atoms with Crippen LogP contribution in [-0.2, 0) is 42.2 Å². The van der Waals surface area contributed by atoms with Crippen molar-refractivity contribution in [2.24, 2.45) is 10.7 Å². The van der Waals surface area contributed by atoms with E-state index in [1.807, 2.05) is 12.1 Å². The number of carbonyl (C=O) groups is 3. The van der Waals surface area contributed by atoms with Gasteiger partial charge in [0.1, 0.15) is 19.8 Å². The SMILES string of the molecule is CCOC(=O)CNS(=O)(=O)C[C@@H](N)CCCN=C(NC(=O)OCc1ccccc1)NC(=O)OCc1ccccc1. The molecule has 0 aliphatic heterocycles. The van der Waals surface area contributed by atoms with Crippen molar-refractivity contribution in [1.82, 2.24) is 15.4 Å². The summed E-state index contributed by atoms with van der Waals surface area (Å²) >= 11 is 0. The molecule has 0 fully saturated rings. The van der Waals surface area contributed by atoms with Crippen molar-refractivity contribution in [3.05, 3.63) is 71.8 Å². The van der Waals surface area contributed by atoms with Crippen LogP contribution in [-0.4, -0.2) is 64.0 Å². The molecule has 0 saturated carbocycles. The Hall–Kier alpha value is -4.01. The largest absolute Gasteiger partial charge is 0.465 e. The van der Waals surface area contributed by atoms with Crippen LogP contribution in [0.3, 0.4) is 0 Å². The molecule has 2 rings (SSSR count). The van der Waals surface area contributed by atoms with E-state index < -0.39 is 46.5 Å². The maximum Gasteiger partial charge on any atom is 0.414 e. The zero-order valence-corrected chi connectivity index (χ0v) is 23.0. The average molecular weight is 578 g/mol. The zero-order valence-electron chi connectivity index (χ0n) is 22.2. The number of aliphatic imine (C=N–C) groups is 1. The second-order valence-corrected chi connectivity index (χ2v) is 10.3. The van der Waals surface area contributed by atoms with Crippen LogP contribution >= 0.6 is 0 Å². The van der Waals surface area contributed by atoms with Gasteiger partial charge in [-0.05, 0) is 30.9 Å². The highest BCUT2D eigenvalue weighted by atomic mass is 32.2.